The maximum absolute atomic E-state index is 12.5. The van der Waals surface area contributed by atoms with E-state index in [1.165, 1.54) is 18.9 Å². The number of H-pyrrole nitrogens is 1. The molecule has 0 spiro atoms. The fourth-order valence-electron chi connectivity index (χ4n) is 3.05. The average molecular weight is 370 g/mol. The van der Waals surface area contributed by atoms with E-state index >= 15 is 0 Å². The minimum atomic E-state index is -0.500. The Morgan fingerprint density at radius 3 is 2.93 bits per heavy atom. The van der Waals surface area contributed by atoms with E-state index in [4.69, 9.17) is 9.15 Å². The van der Waals surface area contributed by atoms with E-state index in [2.05, 4.69) is 28.7 Å². The lowest BCUT2D eigenvalue weighted by atomic mass is 10.1. The van der Waals surface area contributed by atoms with Crippen LogP contribution in [0.2, 0.25) is 0 Å². The van der Waals surface area contributed by atoms with Gasteiger partial charge in [-0.3, -0.25) is 9.78 Å². The van der Waals surface area contributed by atoms with Gasteiger partial charge < -0.3 is 9.15 Å². The molecule has 144 valence electrons. The molecule has 3 rings (SSSR count). The third-order valence-corrected chi connectivity index (χ3v) is 4.68. The molecule has 1 aliphatic carbocycles. The SMILES string of the molecule is CCCCC#CC(C)Oc1nc2oc(=O)cc(CCCC3CC3)c2c(=O)[nH]1. The molecular formula is C21H26N2O4. The van der Waals surface area contributed by atoms with E-state index in [1.807, 2.05) is 0 Å². The fraction of sp³-hybridized carbons (Fsp3) is 0.571. The zero-order valence-electron chi connectivity index (χ0n) is 16.0. The van der Waals surface area contributed by atoms with E-state index in [0.717, 1.165) is 38.0 Å². The first kappa shape index (κ1) is 19.2. The lowest BCUT2D eigenvalue weighted by molar-refractivity contribution is 0.255. The smallest absolute Gasteiger partial charge is 0.337 e. The van der Waals surface area contributed by atoms with Gasteiger partial charge in [-0.1, -0.05) is 44.4 Å². The summed E-state index contributed by atoms with van der Waals surface area (Å²) in [4.78, 5) is 31.2. The quantitative estimate of drug-likeness (QED) is 0.567. The van der Waals surface area contributed by atoms with Gasteiger partial charge in [0.15, 0.2) is 6.10 Å². The summed E-state index contributed by atoms with van der Waals surface area (Å²) in [5.41, 5.74) is -0.143. The van der Waals surface area contributed by atoms with Gasteiger partial charge in [0.2, 0.25) is 5.71 Å². The van der Waals surface area contributed by atoms with Crippen LogP contribution in [-0.4, -0.2) is 16.1 Å². The maximum atomic E-state index is 12.5. The lowest BCUT2D eigenvalue weighted by Gasteiger charge is -2.09. The van der Waals surface area contributed by atoms with Crippen molar-refractivity contribution in [1.82, 2.24) is 9.97 Å². The van der Waals surface area contributed by atoms with Crippen molar-refractivity contribution >= 4 is 11.1 Å². The standard InChI is InChI=1S/C21H26N2O4/c1-3-4-5-6-8-14(2)26-21-22-19(25)18-16(10-7-9-15-11-12-15)13-17(24)27-20(18)23-21/h13-15H,3-5,7,9-12H2,1-2H3,(H,22,23,25). The molecular weight excluding hydrogens is 344 g/mol. The number of aromatic amines is 1. The highest BCUT2D eigenvalue weighted by molar-refractivity contribution is 5.75. The molecule has 1 saturated carbocycles. The van der Waals surface area contributed by atoms with Crippen molar-refractivity contribution in [3.63, 3.8) is 0 Å². The normalized spacial score (nSPS) is 14.6. The average Bonchev–Trinajstić information content (AvgIpc) is 3.42. The van der Waals surface area contributed by atoms with Gasteiger partial charge >= 0.3 is 11.6 Å². The number of rotatable bonds is 8. The van der Waals surface area contributed by atoms with Gasteiger partial charge in [-0.15, -0.1) is 0 Å². The van der Waals surface area contributed by atoms with E-state index in [0.29, 0.717) is 17.4 Å². The molecule has 2 heterocycles. The molecule has 6 nitrogen and oxygen atoms in total. The number of ether oxygens (including phenoxy) is 1. The molecule has 0 aromatic carbocycles. The van der Waals surface area contributed by atoms with Gasteiger partial charge in [0, 0.05) is 12.5 Å². The van der Waals surface area contributed by atoms with Crippen LogP contribution in [0.25, 0.3) is 11.1 Å². The molecule has 2 aromatic rings. The Bertz CT molecular complexity index is 960. The number of hydrogen-bond donors (Lipinski definition) is 1. The number of aryl methyl sites for hydroxylation is 1. The van der Waals surface area contributed by atoms with Gasteiger partial charge in [-0.05, 0) is 37.7 Å². The first-order valence-electron chi connectivity index (χ1n) is 9.79. The number of aromatic nitrogens is 2. The van der Waals surface area contributed by atoms with Crippen LogP contribution in [-0.2, 0) is 6.42 Å². The van der Waals surface area contributed by atoms with Crippen molar-refractivity contribution < 1.29 is 9.15 Å². The molecule has 1 atom stereocenters. The molecule has 2 aromatic heterocycles. The predicted molar refractivity (Wildman–Crippen MR) is 104 cm³/mol. The first-order valence-corrected chi connectivity index (χ1v) is 9.79. The van der Waals surface area contributed by atoms with E-state index in [-0.39, 0.29) is 17.3 Å². The Morgan fingerprint density at radius 2 is 2.19 bits per heavy atom. The second-order valence-electron chi connectivity index (χ2n) is 7.16. The van der Waals surface area contributed by atoms with Crippen LogP contribution in [0.5, 0.6) is 6.01 Å². The van der Waals surface area contributed by atoms with E-state index in [9.17, 15) is 9.59 Å². The summed E-state index contributed by atoms with van der Waals surface area (Å²) < 4.78 is 10.7. The van der Waals surface area contributed by atoms with Crippen LogP contribution >= 0.6 is 0 Å². The summed E-state index contributed by atoms with van der Waals surface area (Å²) in [6.45, 7) is 3.90. The Labute approximate surface area is 158 Å². The summed E-state index contributed by atoms with van der Waals surface area (Å²) in [7, 11) is 0. The highest BCUT2D eigenvalue weighted by Crippen LogP contribution is 2.34. The van der Waals surface area contributed by atoms with Crippen LogP contribution < -0.4 is 15.9 Å². The third-order valence-electron chi connectivity index (χ3n) is 4.68. The van der Waals surface area contributed by atoms with Crippen molar-refractivity contribution in [3.8, 4) is 17.9 Å². The third kappa shape index (κ3) is 5.46. The second-order valence-corrected chi connectivity index (χ2v) is 7.16. The summed E-state index contributed by atoms with van der Waals surface area (Å²) in [5.74, 6) is 6.83. The highest BCUT2D eigenvalue weighted by atomic mass is 16.5. The summed E-state index contributed by atoms with van der Waals surface area (Å²) in [6.07, 6.45) is 7.85. The molecule has 1 aliphatic rings. The Kier molecular flexibility index (Phi) is 6.33. The van der Waals surface area contributed by atoms with Crippen molar-refractivity contribution in [2.45, 2.75) is 71.3 Å². The highest BCUT2D eigenvalue weighted by Gasteiger charge is 2.21. The molecule has 0 amide bonds. The topological polar surface area (TPSA) is 85.2 Å². The van der Waals surface area contributed by atoms with Gasteiger partial charge in [0.1, 0.15) is 5.39 Å². The summed E-state index contributed by atoms with van der Waals surface area (Å²) in [5, 5.41) is 0.333. The van der Waals surface area contributed by atoms with Crippen LogP contribution in [0, 0.1) is 17.8 Å². The molecule has 0 saturated heterocycles. The zero-order chi connectivity index (χ0) is 19.2. The first-order chi connectivity index (χ1) is 13.1. The monoisotopic (exact) mass is 370 g/mol. The van der Waals surface area contributed by atoms with Crippen molar-refractivity contribution in [1.29, 1.82) is 0 Å². The van der Waals surface area contributed by atoms with Gasteiger partial charge in [0.05, 0.1) is 0 Å². The zero-order valence-corrected chi connectivity index (χ0v) is 16.0. The van der Waals surface area contributed by atoms with Crippen LogP contribution in [0.3, 0.4) is 0 Å². The number of unbranched alkanes of at least 4 members (excludes halogenated alkanes) is 2. The molecule has 27 heavy (non-hydrogen) atoms. The van der Waals surface area contributed by atoms with Crippen molar-refractivity contribution in [3.05, 3.63) is 32.4 Å². The predicted octanol–water partition coefficient (Wildman–Crippen LogP) is 3.57. The molecule has 1 N–H and O–H groups in total. The van der Waals surface area contributed by atoms with Gasteiger partial charge in [-0.2, -0.15) is 4.98 Å². The number of hydrogen-bond acceptors (Lipinski definition) is 5. The second kappa shape index (κ2) is 8.90. The minimum Gasteiger partial charge on any atom is -0.448 e. The Balaban J connectivity index is 1.79. The summed E-state index contributed by atoms with van der Waals surface area (Å²) in [6, 6.07) is 1.41. The Hall–Kier alpha value is -2.55. The molecule has 0 bridgehead atoms. The van der Waals surface area contributed by atoms with E-state index < -0.39 is 11.7 Å². The fourth-order valence-corrected chi connectivity index (χ4v) is 3.05. The number of nitrogens with one attached hydrogen (secondary N) is 1. The Morgan fingerprint density at radius 1 is 1.37 bits per heavy atom. The molecule has 0 aliphatic heterocycles. The maximum Gasteiger partial charge on any atom is 0.337 e. The number of nitrogens with zero attached hydrogens (tertiary/aromatic N) is 1. The lowest BCUT2D eigenvalue weighted by Crippen LogP contribution is -2.18. The molecule has 0 radical (unpaired) electrons. The summed E-state index contributed by atoms with van der Waals surface area (Å²) >= 11 is 0. The molecule has 6 heteroatoms. The van der Waals surface area contributed by atoms with Crippen molar-refractivity contribution in [2.75, 3.05) is 0 Å². The largest absolute Gasteiger partial charge is 0.448 e. The number of fused-ring (bicyclic) bond motifs is 1. The van der Waals surface area contributed by atoms with Gasteiger partial charge in [-0.25, -0.2) is 4.79 Å². The van der Waals surface area contributed by atoms with Crippen LogP contribution in [0.15, 0.2) is 20.1 Å². The molecule has 1 fully saturated rings. The van der Waals surface area contributed by atoms with Crippen LogP contribution in [0.1, 0.15) is 64.4 Å². The van der Waals surface area contributed by atoms with Crippen molar-refractivity contribution in [2.24, 2.45) is 5.92 Å². The molecule has 1 unspecified atom stereocenters. The van der Waals surface area contributed by atoms with Gasteiger partial charge in [0.25, 0.3) is 5.56 Å². The van der Waals surface area contributed by atoms with Crippen LogP contribution in [0.4, 0.5) is 0 Å². The minimum absolute atomic E-state index is 0.0167. The van der Waals surface area contributed by atoms with E-state index in [1.54, 1.807) is 6.92 Å².